The van der Waals surface area contributed by atoms with E-state index in [9.17, 15) is 19.5 Å². The molecule has 1 aromatic rings. The maximum absolute atomic E-state index is 11.8. The summed E-state index contributed by atoms with van der Waals surface area (Å²) >= 11 is 0. The number of nitrogens with two attached hydrogens (primary N) is 1. The van der Waals surface area contributed by atoms with Crippen LogP contribution in [0.4, 0.5) is 0 Å². The number of pyridine rings is 1. The molecule has 0 saturated heterocycles. The van der Waals surface area contributed by atoms with Crippen molar-refractivity contribution in [1.82, 2.24) is 9.88 Å². The van der Waals surface area contributed by atoms with Gasteiger partial charge in [0.15, 0.2) is 5.75 Å². The number of nitrogens with one attached hydrogen (secondary N) is 1. The number of aromatic hydroxyl groups is 1. The molecule has 0 spiro atoms. The fraction of sp³-hybridized carbons (Fsp3) is 0.364. The number of aryl methyl sites for hydroxylation is 1. The van der Waals surface area contributed by atoms with Gasteiger partial charge in [0, 0.05) is 58.7 Å². The number of hydrogen-bond donors (Lipinski definition) is 4. The number of carbonyl (C=O) groups excluding carboxylic acids is 1. The molecular formula is C11H19GdN3O7. The van der Waals surface area contributed by atoms with Crippen LogP contribution in [0, 0.1) is 46.9 Å². The molecule has 9 N–H and O–H groups in total. The Hall–Kier alpha value is -1.11. The second-order valence-electron chi connectivity index (χ2n) is 3.88. The molecule has 0 unspecified atom stereocenters. The number of carboxylic acids is 1. The summed E-state index contributed by atoms with van der Waals surface area (Å²) in [7, 11) is 0. The number of amides is 1. The zero-order valence-electron chi connectivity index (χ0n) is 11.7. The molecular weight excluding hydrogens is 443 g/mol. The Kier molecular flexibility index (Phi) is 13.5. The van der Waals surface area contributed by atoms with E-state index in [0.29, 0.717) is 0 Å². The molecule has 128 valence electrons. The molecule has 0 saturated carbocycles. The predicted octanol–water partition coefficient (Wildman–Crippen LogP) is -3.01. The van der Waals surface area contributed by atoms with Gasteiger partial charge in [-0.15, -0.1) is 0 Å². The first kappa shape index (κ1) is 25.8. The van der Waals surface area contributed by atoms with Crippen molar-refractivity contribution in [3.63, 3.8) is 0 Å². The van der Waals surface area contributed by atoms with E-state index < -0.39 is 29.7 Å². The van der Waals surface area contributed by atoms with Gasteiger partial charge in [-0.05, 0) is 13.0 Å². The third-order valence-corrected chi connectivity index (χ3v) is 2.45. The Labute approximate surface area is 157 Å². The molecule has 0 aliphatic heterocycles. The van der Waals surface area contributed by atoms with Crippen LogP contribution in [0.3, 0.4) is 0 Å². The largest absolute Gasteiger partial charge is 0.502 e. The first-order chi connectivity index (χ1) is 8.88. The molecule has 1 rings (SSSR count). The van der Waals surface area contributed by atoms with Gasteiger partial charge in [0.2, 0.25) is 0 Å². The van der Waals surface area contributed by atoms with Crippen LogP contribution in [0.1, 0.15) is 16.1 Å². The zero-order chi connectivity index (χ0) is 14.6. The molecule has 1 aromatic heterocycles. The number of carbonyl (C=O) groups is 2. The maximum Gasteiger partial charge on any atom is 0.323 e. The fourth-order valence-corrected chi connectivity index (χ4v) is 1.54. The van der Waals surface area contributed by atoms with E-state index in [1.54, 1.807) is 0 Å². The summed E-state index contributed by atoms with van der Waals surface area (Å²) in [6.45, 7) is 1.32. The molecule has 10 nitrogen and oxygen atoms in total. The van der Waals surface area contributed by atoms with Crippen LogP contribution in [0.25, 0.3) is 0 Å². The summed E-state index contributed by atoms with van der Waals surface area (Å²) in [6, 6.07) is 1.26. The van der Waals surface area contributed by atoms with E-state index in [4.69, 9.17) is 10.8 Å². The van der Waals surface area contributed by atoms with Crippen LogP contribution >= 0.6 is 0 Å². The van der Waals surface area contributed by atoms with Crippen LogP contribution in [0.15, 0.2) is 10.9 Å². The summed E-state index contributed by atoms with van der Waals surface area (Å²) < 4.78 is 0.872. The van der Waals surface area contributed by atoms with Gasteiger partial charge < -0.3 is 32.2 Å². The van der Waals surface area contributed by atoms with Gasteiger partial charge in [-0.3, -0.25) is 19.0 Å². The standard InChI is InChI=1S/C11H15N3O5.Gd.2H2O/c1-6-4-7(10(18)13-3-2-12)9(17)11(19)14(6)5-8(15)16;;;/h4,17H,2-3,5,12H2,1H3,(H,13,18)(H,15,16);;2*1H2. The number of hydrogen-bond acceptors (Lipinski definition) is 5. The minimum absolute atomic E-state index is 0. The fourth-order valence-electron chi connectivity index (χ4n) is 1.54. The molecule has 0 aliphatic rings. The van der Waals surface area contributed by atoms with Crippen LogP contribution < -0.4 is 16.6 Å². The second kappa shape index (κ2) is 11.5. The van der Waals surface area contributed by atoms with E-state index in [1.165, 1.54) is 13.0 Å². The number of nitrogens with zero attached hydrogens (tertiary/aromatic N) is 1. The third kappa shape index (κ3) is 6.34. The minimum atomic E-state index is -1.22. The normalized spacial score (nSPS) is 8.82. The van der Waals surface area contributed by atoms with Gasteiger partial charge in [-0.1, -0.05) is 0 Å². The molecule has 0 atom stereocenters. The Balaban J connectivity index is -0.00000120. The van der Waals surface area contributed by atoms with Crippen LogP contribution in [0.5, 0.6) is 5.75 Å². The average Bonchev–Trinajstić information content (AvgIpc) is 2.35. The summed E-state index contributed by atoms with van der Waals surface area (Å²) in [5.41, 5.74) is 4.38. The average molecular weight is 463 g/mol. The first-order valence-electron chi connectivity index (χ1n) is 5.52. The molecule has 0 bridgehead atoms. The molecule has 0 aliphatic carbocycles. The van der Waals surface area contributed by atoms with Crippen molar-refractivity contribution in [3.05, 3.63) is 27.7 Å². The molecule has 1 heterocycles. The number of carboxylic acid groups (broad SMARTS) is 1. The van der Waals surface area contributed by atoms with Crippen molar-refractivity contribution in [3.8, 4) is 5.75 Å². The van der Waals surface area contributed by atoms with Crippen LogP contribution in [-0.4, -0.2) is 50.7 Å². The third-order valence-electron chi connectivity index (χ3n) is 2.45. The quantitative estimate of drug-likeness (QED) is 0.359. The molecule has 0 aromatic carbocycles. The van der Waals surface area contributed by atoms with Crippen molar-refractivity contribution in [2.24, 2.45) is 5.73 Å². The summed E-state index contributed by atoms with van der Waals surface area (Å²) in [4.78, 5) is 34.1. The minimum Gasteiger partial charge on any atom is -0.502 e. The Morgan fingerprint density at radius 2 is 1.91 bits per heavy atom. The predicted molar refractivity (Wildman–Crippen MR) is 73.4 cm³/mol. The van der Waals surface area contributed by atoms with E-state index >= 15 is 0 Å². The molecule has 1 amide bonds. The summed E-state index contributed by atoms with van der Waals surface area (Å²) in [5.74, 6) is -2.63. The van der Waals surface area contributed by atoms with Gasteiger partial charge in [0.25, 0.3) is 11.5 Å². The van der Waals surface area contributed by atoms with Crippen molar-refractivity contribution in [2.45, 2.75) is 13.5 Å². The summed E-state index contributed by atoms with van der Waals surface area (Å²) in [5, 5.41) is 20.7. The molecule has 0 fully saturated rings. The monoisotopic (exact) mass is 463 g/mol. The van der Waals surface area contributed by atoms with Crippen LogP contribution in [0.2, 0.25) is 0 Å². The van der Waals surface area contributed by atoms with E-state index in [1.807, 2.05) is 0 Å². The van der Waals surface area contributed by atoms with E-state index in [-0.39, 0.29) is 75.2 Å². The van der Waals surface area contributed by atoms with Crippen molar-refractivity contribution in [2.75, 3.05) is 13.1 Å². The topological polar surface area (TPSA) is 198 Å². The van der Waals surface area contributed by atoms with Crippen molar-refractivity contribution in [1.29, 1.82) is 0 Å². The SMILES string of the molecule is Cc1cc(C(=O)NCCN)c(O)c(=O)n1CC(=O)O.O.O.[Gd]. The Bertz CT molecular complexity index is 574. The number of aliphatic carboxylic acids is 1. The molecule has 22 heavy (non-hydrogen) atoms. The van der Waals surface area contributed by atoms with Crippen LogP contribution in [-0.2, 0) is 11.3 Å². The van der Waals surface area contributed by atoms with Gasteiger partial charge in [0.05, 0.1) is 5.56 Å². The zero-order valence-corrected chi connectivity index (χ0v) is 14.0. The van der Waals surface area contributed by atoms with Crippen molar-refractivity contribution >= 4 is 11.9 Å². The Morgan fingerprint density at radius 3 is 2.36 bits per heavy atom. The molecule has 11 heteroatoms. The Morgan fingerprint density at radius 1 is 1.36 bits per heavy atom. The van der Waals surface area contributed by atoms with Gasteiger partial charge >= 0.3 is 5.97 Å². The van der Waals surface area contributed by atoms with E-state index in [2.05, 4.69) is 5.32 Å². The second-order valence-corrected chi connectivity index (χ2v) is 3.88. The maximum atomic E-state index is 11.8. The molecule has 0 radical (unpaired) electrons. The first-order valence-corrected chi connectivity index (χ1v) is 5.52. The van der Waals surface area contributed by atoms with Crippen molar-refractivity contribution < 1.29 is 70.7 Å². The summed E-state index contributed by atoms with van der Waals surface area (Å²) in [6.07, 6.45) is 0. The van der Waals surface area contributed by atoms with E-state index in [0.717, 1.165) is 4.57 Å². The smallest absolute Gasteiger partial charge is 0.323 e. The van der Waals surface area contributed by atoms with Gasteiger partial charge in [0.1, 0.15) is 6.54 Å². The number of rotatable bonds is 5. The van der Waals surface area contributed by atoms with Gasteiger partial charge in [-0.25, -0.2) is 0 Å². The van der Waals surface area contributed by atoms with Gasteiger partial charge in [-0.2, -0.15) is 0 Å². The number of aromatic nitrogens is 1.